The van der Waals surface area contributed by atoms with Crippen molar-refractivity contribution in [3.05, 3.63) is 29.3 Å². The second-order valence-corrected chi connectivity index (χ2v) is 4.74. The number of rotatable bonds is 6. The van der Waals surface area contributed by atoms with E-state index in [2.05, 4.69) is 0 Å². The van der Waals surface area contributed by atoms with Gasteiger partial charge in [0.2, 0.25) is 0 Å². The fourth-order valence-electron chi connectivity index (χ4n) is 1.93. The van der Waals surface area contributed by atoms with E-state index in [9.17, 15) is 13.2 Å². The summed E-state index contributed by atoms with van der Waals surface area (Å²) in [5.41, 5.74) is 5.44. The van der Waals surface area contributed by atoms with E-state index >= 15 is 0 Å². The van der Waals surface area contributed by atoms with Crippen molar-refractivity contribution in [2.45, 2.75) is 19.5 Å². The Kier molecular flexibility index (Phi) is 5.76. The minimum atomic E-state index is -4.44. The molecule has 0 unspecified atom stereocenters. The molecule has 0 radical (unpaired) electrons. The van der Waals surface area contributed by atoms with E-state index in [1.54, 1.807) is 4.90 Å². The van der Waals surface area contributed by atoms with Crippen molar-refractivity contribution in [1.82, 2.24) is 0 Å². The molecule has 0 amide bonds. The lowest BCUT2D eigenvalue weighted by atomic mass is 10.1. The average molecular weight is 306 g/mol. The summed E-state index contributed by atoms with van der Waals surface area (Å²) >= 11 is 4.84. The van der Waals surface area contributed by atoms with E-state index in [1.807, 2.05) is 6.92 Å². The number of halogens is 3. The largest absolute Gasteiger partial charge is 0.416 e. The molecule has 0 fully saturated rings. The number of alkyl halides is 3. The number of nitrogens with zero attached hydrogens (tertiary/aromatic N) is 1. The predicted octanol–water partition coefficient (Wildman–Crippen LogP) is 2.55. The van der Waals surface area contributed by atoms with E-state index in [-0.39, 0.29) is 17.2 Å². The van der Waals surface area contributed by atoms with Crippen LogP contribution in [0.25, 0.3) is 0 Å². The third-order valence-corrected chi connectivity index (χ3v) is 3.01. The maximum absolute atomic E-state index is 12.7. The number of hydrogen-bond donors (Lipinski definition) is 2. The van der Waals surface area contributed by atoms with Crippen LogP contribution in [0.3, 0.4) is 0 Å². The molecule has 3 N–H and O–H groups in total. The van der Waals surface area contributed by atoms with Crippen LogP contribution in [0.1, 0.15) is 24.5 Å². The van der Waals surface area contributed by atoms with Gasteiger partial charge in [0.05, 0.1) is 12.2 Å². The Morgan fingerprint density at radius 2 is 2.00 bits per heavy atom. The van der Waals surface area contributed by atoms with Crippen molar-refractivity contribution in [2.24, 2.45) is 5.73 Å². The third kappa shape index (κ3) is 4.08. The normalized spacial score (nSPS) is 11.4. The van der Waals surface area contributed by atoms with Gasteiger partial charge in [-0.2, -0.15) is 13.2 Å². The van der Waals surface area contributed by atoms with Crippen molar-refractivity contribution < 1.29 is 18.3 Å². The highest BCUT2D eigenvalue weighted by molar-refractivity contribution is 7.80. The van der Waals surface area contributed by atoms with Crippen molar-refractivity contribution >= 4 is 22.9 Å². The van der Waals surface area contributed by atoms with Gasteiger partial charge in [-0.1, -0.05) is 19.1 Å². The molecule has 20 heavy (non-hydrogen) atoms. The molecule has 3 nitrogen and oxygen atoms in total. The lowest BCUT2D eigenvalue weighted by Crippen LogP contribution is -2.30. The Bertz CT molecular complexity index is 471. The van der Waals surface area contributed by atoms with Crippen molar-refractivity contribution in [3.63, 3.8) is 0 Å². The molecule has 0 spiro atoms. The number of thiocarbonyl (C=S) groups is 1. The molecule has 1 aromatic carbocycles. The quantitative estimate of drug-likeness (QED) is 0.793. The van der Waals surface area contributed by atoms with Crippen LogP contribution in [0.5, 0.6) is 0 Å². The second kappa shape index (κ2) is 6.90. The summed E-state index contributed by atoms with van der Waals surface area (Å²) in [6.45, 7) is 2.75. The Hall–Kier alpha value is -1.34. The summed E-state index contributed by atoms with van der Waals surface area (Å²) in [7, 11) is 0. The molecule has 1 aromatic rings. The summed E-state index contributed by atoms with van der Waals surface area (Å²) in [4.78, 5) is 1.68. The summed E-state index contributed by atoms with van der Waals surface area (Å²) in [5, 5.41) is 9.05. The van der Waals surface area contributed by atoms with Gasteiger partial charge in [0.25, 0.3) is 0 Å². The van der Waals surface area contributed by atoms with E-state index in [0.717, 1.165) is 18.6 Å². The highest BCUT2D eigenvalue weighted by Crippen LogP contribution is 2.33. The van der Waals surface area contributed by atoms with Crippen LogP contribution < -0.4 is 10.6 Å². The fourth-order valence-corrected chi connectivity index (χ4v) is 2.09. The van der Waals surface area contributed by atoms with E-state index < -0.39 is 11.7 Å². The third-order valence-electron chi connectivity index (χ3n) is 2.79. The molecule has 0 atom stereocenters. The molecule has 1 rings (SSSR count). The van der Waals surface area contributed by atoms with Gasteiger partial charge in [-0.05, 0) is 24.6 Å². The molecule has 0 saturated heterocycles. The van der Waals surface area contributed by atoms with Gasteiger partial charge < -0.3 is 15.7 Å². The Morgan fingerprint density at radius 1 is 1.35 bits per heavy atom. The number of benzene rings is 1. The SMILES string of the molecule is CCCN(CCO)c1ccc(C(F)(F)F)cc1C(N)=S. The van der Waals surface area contributed by atoms with Crippen LogP contribution in [-0.2, 0) is 6.18 Å². The molecular formula is C13H17F3N2OS. The minimum absolute atomic E-state index is 0.0925. The zero-order valence-corrected chi connectivity index (χ0v) is 11.9. The van der Waals surface area contributed by atoms with Crippen LogP contribution in [0.2, 0.25) is 0 Å². The first-order valence-electron chi connectivity index (χ1n) is 6.18. The highest BCUT2D eigenvalue weighted by atomic mass is 32.1. The van der Waals surface area contributed by atoms with E-state index in [4.69, 9.17) is 23.1 Å². The molecule has 0 heterocycles. The molecule has 0 aromatic heterocycles. The zero-order valence-electron chi connectivity index (χ0n) is 11.1. The number of hydrogen-bond acceptors (Lipinski definition) is 3. The van der Waals surface area contributed by atoms with Gasteiger partial charge in [-0.15, -0.1) is 0 Å². The predicted molar refractivity (Wildman–Crippen MR) is 76.9 cm³/mol. The standard InChI is InChI=1S/C13H17F3N2OS/c1-2-5-18(6-7-19)11-4-3-9(13(14,15)16)8-10(11)12(17)20/h3-4,8,19H,2,5-7H2,1H3,(H2,17,20). The zero-order chi connectivity index (χ0) is 15.3. The van der Waals surface area contributed by atoms with Gasteiger partial charge in [0.15, 0.2) is 0 Å². The first kappa shape index (κ1) is 16.7. The minimum Gasteiger partial charge on any atom is -0.395 e. The maximum atomic E-state index is 12.7. The van der Waals surface area contributed by atoms with Gasteiger partial charge >= 0.3 is 6.18 Å². The lowest BCUT2D eigenvalue weighted by Gasteiger charge is -2.26. The smallest absolute Gasteiger partial charge is 0.395 e. The highest BCUT2D eigenvalue weighted by Gasteiger charge is 2.31. The van der Waals surface area contributed by atoms with Gasteiger partial charge in [-0.3, -0.25) is 0 Å². The van der Waals surface area contributed by atoms with Crippen LogP contribution >= 0.6 is 12.2 Å². The van der Waals surface area contributed by atoms with E-state index in [1.165, 1.54) is 6.07 Å². The van der Waals surface area contributed by atoms with Crippen LogP contribution in [0.4, 0.5) is 18.9 Å². The van der Waals surface area contributed by atoms with Crippen molar-refractivity contribution in [2.75, 3.05) is 24.6 Å². The van der Waals surface area contributed by atoms with Gasteiger partial charge in [-0.25, -0.2) is 0 Å². The first-order valence-corrected chi connectivity index (χ1v) is 6.59. The van der Waals surface area contributed by atoms with Crippen LogP contribution in [0, 0.1) is 0 Å². The van der Waals surface area contributed by atoms with Gasteiger partial charge in [0, 0.05) is 24.3 Å². The number of nitrogens with two attached hydrogens (primary N) is 1. The van der Waals surface area contributed by atoms with Crippen molar-refractivity contribution in [3.8, 4) is 0 Å². The first-order chi connectivity index (χ1) is 9.31. The number of aliphatic hydroxyl groups is 1. The maximum Gasteiger partial charge on any atom is 0.416 e. The molecule has 0 aliphatic heterocycles. The molecule has 0 aliphatic carbocycles. The number of aliphatic hydroxyl groups excluding tert-OH is 1. The molecule has 0 bridgehead atoms. The Balaban J connectivity index is 3.28. The van der Waals surface area contributed by atoms with Crippen LogP contribution in [0.15, 0.2) is 18.2 Å². The van der Waals surface area contributed by atoms with Gasteiger partial charge in [0.1, 0.15) is 4.99 Å². The summed E-state index contributed by atoms with van der Waals surface area (Å²) < 4.78 is 38.2. The Labute approximate surface area is 121 Å². The second-order valence-electron chi connectivity index (χ2n) is 4.30. The average Bonchev–Trinajstić information content (AvgIpc) is 2.36. The lowest BCUT2D eigenvalue weighted by molar-refractivity contribution is -0.137. The molecule has 0 aliphatic rings. The monoisotopic (exact) mass is 306 g/mol. The van der Waals surface area contributed by atoms with Crippen LogP contribution in [-0.4, -0.2) is 29.8 Å². The Morgan fingerprint density at radius 3 is 2.45 bits per heavy atom. The summed E-state index contributed by atoms with van der Waals surface area (Å²) in [5.74, 6) is 0. The molecule has 7 heteroatoms. The fraction of sp³-hybridized carbons (Fsp3) is 0.462. The van der Waals surface area contributed by atoms with Crippen molar-refractivity contribution in [1.29, 1.82) is 0 Å². The molecular weight excluding hydrogens is 289 g/mol. The summed E-state index contributed by atoms with van der Waals surface area (Å²) in [6.07, 6.45) is -3.65. The topological polar surface area (TPSA) is 49.5 Å². The van der Waals surface area contributed by atoms with E-state index in [0.29, 0.717) is 18.8 Å². The molecule has 112 valence electrons. The number of anilines is 1. The molecule has 0 saturated carbocycles. The summed E-state index contributed by atoms with van der Waals surface area (Å²) in [6, 6.07) is 3.30.